The zero-order valence-electron chi connectivity index (χ0n) is 18.4. The number of halogens is 1. The van der Waals surface area contributed by atoms with Gasteiger partial charge >= 0.3 is 0 Å². The summed E-state index contributed by atoms with van der Waals surface area (Å²) in [5.41, 5.74) is 3.65. The lowest BCUT2D eigenvalue weighted by molar-refractivity contribution is 0.101. The second kappa shape index (κ2) is 8.71. The number of piperazine rings is 1. The predicted octanol–water partition coefficient (Wildman–Crippen LogP) is 4.78. The average Bonchev–Trinajstić information content (AvgIpc) is 3.13. The van der Waals surface area contributed by atoms with E-state index >= 15 is 0 Å². The van der Waals surface area contributed by atoms with Gasteiger partial charge in [0.2, 0.25) is 5.78 Å². The molecule has 1 N–H and O–H groups in total. The second-order valence-corrected chi connectivity index (χ2v) is 8.45. The molecule has 2 aliphatic heterocycles. The summed E-state index contributed by atoms with van der Waals surface area (Å²) >= 11 is 0. The lowest BCUT2D eigenvalue weighted by Crippen LogP contribution is -2.46. The highest BCUT2D eigenvalue weighted by molar-refractivity contribution is 6.15. The van der Waals surface area contributed by atoms with Gasteiger partial charge < -0.3 is 14.7 Å². The number of benzene rings is 3. The third-order valence-corrected chi connectivity index (χ3v) is 6.34. The van der Waals surface area contributed by atoms with Crippen molar-refractivity contribution in [3.05, 3.63) is 94.5 Å². The number of para-hydroxylation sites is 1. The van der Waals surface area contributed by atoms with Gasteiger partial charge in [0.25, 0.3) is 0 Å². The maximum atomic E-state index is 14.1. The van der Waals surface area contributed by atoms with E-state index in [1.54, 1.807) is 30.3 Å². The van der Waals surface area contributed by atoms with Gasteiger partial charge in [0, 0.05) is 32.7 Å². The van der Waals surface area contributed by atoms with E-state index in [0.29, 0.717) is 55.3 Å². The van der Waals surface area contributed by atoms with Gasteiger partial charge in [-0.05, 0) is 48.4 Å². The largest absolute Gasteiger partial charge is 0.507 e. The normalized spacial score (nSPS) is 17.3. The molecule has 0 bridgehead atoms. The minimum atomic E-state index is -0.218. The van der Waals surface area contributed by atoms with E-state index in [1.165, 1.54) is 6.07 Å². The summed E-state index contributed by atoms with van der Waals surface area (Å²) in [7, 11) is 0. The molecule has 0 aromatic heterocycles. The zero-order chi connectivity index (χ0) is 22.9. The van der Waals surface area contributed by atoms with Crippen molar-refractivity contribution < 1.29 is 19.0 Å². The lowest BCUT2D eigenvalue weighted by Gasteiger charge is -2.36. The van der Waals surface area contributed by atoms with Crippen LogP contribution in [0.2, 0.25) is 0 Å². The molecule has 1 saturated heterocycles. The van der Waals surface area contributed by atoms with Crippen molar-refractivity contribution in [2.45, 2.75) is 13.5 Å². The number of anilines is 1. The quantitative estimate of drug-likeness (QED) is 0.587. The summed E-state index contributed by atoms with van der Waals surface area (Å²) < 4.78 is 20.1. The SMILES string of the molecule is Cc1ccccc1/C=C1\Oc2c(ccc(O)c2CN2CCN(c3ccccc3F)CC2)C1=O. The van der Waals surface area contributed by atoms with Gasteiger partial charge in [0.1, 0.15) is 17.3 Å². The number of phenolic OH excluding ortho intramolecular Hbond substituents is 1. The number of phenols is 1. The molecule has 0 atom stereocenters. The van der Waals surface area contributed by atoms with Crippen molar-refractivity contribution in [3.8, 4) is 11.5 Å². The molecule has 0 saturated carbocycles. The summed E-state index contributed by atoms with van der Waals surface area (Å²) in [6.07, 6.45) is 1.76. The van der Waals surface area contributed by atoms with Crippen LogP contribution >= 0.6 is 0 Å². The van der Waals surface area contributed by atoms with Crippen molar-refractivity contribution in [2.75, 3.05) is 31.1 Å². The summed E-state index contributed by atoms with van der Waals surface area (Å²) in [5.74, 6) is 0.394. The van der Waals surface area contributed by atoms with E-state index in [1.807, 2.05) is 42.2 Å². The van der Waals surface area contributed by atoms with E-state index in [2.05, 4.69) is 4.90 Å². The minimum absolute atomic E-state index is 0.107. The Bertz CT molecular complexity index is 1250. The number of Topliss-reactive ketones (excluding diaryl/α,β-unsaturated/α-hetero) is 1. The lowest BCUT2D eigenvalue weighted by atomic mass is 10.0. The first-order chi connectivity index (χ1) is 16.0. The summed E-state index contributed by atoms with van der Waals surface area (Å²) in [6.45, 7) is 5.20. The highest BCUT2D eigenvalue weighted by Crippen LogP contribution is 2.40. The topological polar surface area (TPSA) is 53.0 Å². The van der Waals surface area contributed by atoms with Crippen LogP contribution in [0.1, 0.15) is 27.0 Å². The molecule has 0 aliphatic carbocycles. The number of ketones is 1. The van der Waals surface area contributed by atoms with E-state index in [-0.39, 0.29) is 23.1 Å². The smallest absolute Gasteiger partial charge is 0.231 e. The molecule has 2 heterocycles. The molecule has 2 aliphatic rings. The van der Waals surface area contributed by atoms with E-state index in [0.717, 1.165) is 11.1 Å². The molecular weight excluding hydrogens is 419 g/mol. The monoisotopic (exact) mass is 444 g/mol. The van der Waals surface area contributed by atoms with Crippen molar-refractivity contribution >= 4 is 17.5 Å². The van der Waals surface area contributed by atoms with Gasteiger partial charge in [-0.3, -0.25) is 9.69 Å². The fourth-order valence-corrected chi connectivity index (χ4v) is 4.42. The standard InChI is InChI=1S/C27H25FN2O3/c1-18-6-2-3-7-19(18)16-25-26(32)20-10-11-24(31)21(27(20)33-25)17-29-12-14-30(15-13-29)23-9-5-4-8-22(23)28/h2-11,16,31H,12-15,17H2,1H3/b25-16-. The van der Waals surface area contributed by atoms with E-state index in [4.69, 9.17) is 4.74 Å². The van der Waals surface area contributed by atoms with Gasteiger partial charge in [-0.15, -0.1) is 0 Å². The van der Waals surface area contributed by atoms with Crippen LogP contribution in [0, 0.1) is 12.7 Å². The van der Waals surface area contributed by atoms with Gasteiger partial charge in [-0.2, -0.15) is 0 Å². The Morgan fingerprint density at radius 3 is 2.48 bits per heavy atom. The molecule has 0 unspecified atom stereocenters. The highest BCUT2D eigenvalue weighted by Gasteiger charge is 2.32. The zero-order valence-corrected chi connectivity index (χ0v) is 18.4. The molecule has 1 fully saturated rings. The molecule has 5 rings (SSSR count). The first kappa shape index (κ1) is 21.2. The summed E-state index contributed by atoms with van der Waals surface area (Å²) in [5, 5.41) is 10.6. The fraction of sp³-hybridized carbons (Fsp3) is 0.222. The minimum Gasteiger partial charge on any atom is -0.507 e. The Kier molecular flexibility index (Phi) is 5.60. The van der Waals surface area contributed by atoms with Crippen LogP contribution in [0.5, 0.6) is 11.5 Å². The third-order valence-electron chi connectivity index (χ3n) is 6.34. The van der Waals surface area contributed by atoms with Crippen LogP contribution in [0.25, 0.3) is 6.08 Å². The summed E-state index contributed by atoms with van der Waals surface area (Å²) in [4.78, 5) is 17.2. The number of aryl methyl sites for hydroxylation is 1. The molecule has 5 nitrogen and oxygen atoms in total. The Morgan fingerprint density at radius 1 is 1.00 bits per heavy atom. The van der Waals surface area contributed by atoms with Gasteiger partial charge in [0.15, 0.2) is 5.76 Å². The molecule has 33 heavy (non-hydrogen) atoms. The van der Waals surface area contributed by atoms with Crippen LogP contribution in [0.3, 0.4) is 0 Å². The van der Waals surface area contributed by atoms with Gasteiger partial charge in [-0.25, -0.2) is 4.39 Å². The predicted molar refractivity (Wildman–Crippen MR) is 126 cm³/mol. The van der Waals surface area contributed by atoms with Crippen LogP contribution < -0.4 is 9.64 Å². The first-order valence-corrected chi connectivity index (χ1v) is 11.1. The van der Waals surface area contributed by atoms with Gasteiger partial charge in [-0.1, -0.05) is 36.4 Å². The second-order valence-electron chi connectivity index (χ2n) is 8.45. The maximum absolute atomic E-state index is 14.1. The molecule has 6 heteroatoms. The summed E-state index contributed by atoms with van der Waals surface area (Å²) in [6, 6.07) is 17.8. The number of ether oxygens (including phenoxy) is 1. The number of fused-ring (bicyclic) bond motifs is 1. The van der Waals surface area contributed by atoms with Crippen molar-refractivity contribution in [1.29, 1.82) is 0 Å². The molecule has 3 aromatic carbocycles. The van der Waals surface area contributed by atoms with E-state index in [9.17, 15) is 14.3 Å². The van der Waals surface area contributed by atoms with E-state index < -0.39 is 0 Å². The molecule has 0 radical (unpaired) electrons. The number of aromatic hydroxyl groups is 1. The Labute approximate surface area is 192 Å². The number of nitrogens with zero attached hydrogens (tertiary/aromatic N) is 2. The Balaban J connectivity index is 1.34. The number of carbonyl (C=O) groups is 1. The Hall–Kier alpha value is -3.64. The van der Waals surface area contributed by atoms with Crippen LogP contribution in [-0.4, -0.2) is 42.0 Å². The number of hydrogen-bond donors (Lipinski definition) is 1. The number of allylic oxidation sites excluding steroid dienone is 1. The Morgan fingerprint density at radius 2 is 1.73 bits per heavy atom. The maximum Gasteiger partial charge on any atom is 0.231 e. The van der Waals surface area contributed by atoms with Crippen molar-refractivity contribution in [3.63, 3.8) is 0 Å². The average molecular weight is 445 g/mol. The molecule has 168 valence electrons. The molecule has 0 amide bonds. The third kappa shape index (κ3) is 4.10. The van der Waals surface area contributed by atoms with Crippen molar-refractivity contribution in [1.82, 2.24) is 4.90 Å². The molecule has 0 spiro atoms. The van der Waals surface area contributed by atoms with Crippen molar-refractivity contribution in [2.24, 2.45) is 0 Å². The van der Waals surface area contributed by atoms with Crippen LogP contribution in [0.4, 0.5) is 10.1 Å². The highest BCUT2D eigenvalue weighted by atomic mass is 19.1. The number of rotatable bonds is 4. The molecule has 3 aromatic rings. The number of hydrogen-bond acceptors (Lipinski definition) is 5. The fourth-order valence-electron chi connectivity index (χ4n) is 4.42. The number of carbonyl (C=O) groups excluding carboxylic acids is 1. The first-order valence-electron chi connectivity index (χ1n) is 11.1. The molecular formula is C27H25FN2O3. The van der Waals surface area contributed by atoms with Crippen LogP contribution in [0.15, 0.2) is 66.4 Å². The van der Waals surface area contributed by atoms with Gasteiger partial charge in [0.05, 0.1) is 16.8 Å². The van der Waals surface area contributed by atoms with Crippen LogP contribution in [-0.2, 0) is 6.54 Å².